The van der Waals surface area contributed by atoms with Crippen molar-refractivity contribution in [3.8, 4) is 0 Å². The lowest BCUT2D eigenvalue weighted by Gasteiger charge is -2.30. The van der Waals surface area contributed by atoms with E-state index in [1.54, 1.807) is 25.1 Å². The molecule has 1 heterocycles. The van der Waals surface area contributed by atoms with Crippen LogP contribution >= 0.6 is 0 Å². The van der Waals surface area contributed by atoms with Crippen molar-refractivity contribution < 1.29 is 14.4 Å². The number of hydrogen-bond donors (Lipinski definition) is 3. The van der Waals surface area contributed by atoms with Crippen LogP contribution in [0, 0.1) is 12.8 Å². The monoisotopic (exact) mass is 388 g/mol. The highest BCUT2D eigenvalue weighted by Crippen LogP contribution is 2.23. The van der Waals surface area contributed by atoms with Gasteiger partial charge < -0.3 is 20.9 Å². The minimum atomic E-state index is -0.701. The molecule has 3 N–H and O–H groups in total. The normalized spacial score (nSPS) is 17.0. The van der Waals surface area contributed by atoms with Crippen LogP contribution in [0.25, 0.3) is 0 Å². The van der Waals surface area contributed by atoms with E-state index in [1.165, 1.54) is 19.8 Å². The lowest BCUT2D eigenvalue weighted by molar-refractivity contribution is -0.136. The number of anilines is 2. The summed E-state index contributed by atoms with van der Waals surface area (Å²) in [4.78, 5) is 37.9. The molecule has 1 atom stereocenters. The van der Waals surface area contributed by atoms with Gasteiger partial charge in [-0.3, -0.25) is 14.4 Å². The molecule has 0 aromatic heterocycles. The Hall–Kier alpha value is -2.41. The predicted octanol–water partition coefficient (Wildman–Crippen LogP) is 2.52. The van der Waals surface area contributed by atoms with E-state index in [-0.39, 0.29) is 5.91 Å². The van der Waals surface area contributed by atoms with E-state index < -0.39 is 11.8 Å². The summed E-state index contributed by atoms with van der Waals surface area (Å²) in [6, 6.07) is 5.16. The first-order chi connectivity index (χ1) is 13.4. The third-order valence-electron chi connectivity index (χ3n) is 5.03. The van der Waals surface area contributed by atoms with Crippen molar-refractivity contribution in [2.45, 2.75) is 46.5 Å². The molecule has 1 saturated heterocycles. The first-order valence-electron chi connectivity index (χ1n) is 10.1. The molecular formula is C21H32N4O3. The average molecular weight is 389 g/mol. The van der Waals surface area contributed by atoms with E-state index >= 15 is 0 Å². The molecule has 28 heavy (non-hydrogen) atoms. The number of hydrogen-bond acceptors (Lipinski definition) is 4. The smallest absolute Gasteiger partial charge is 0.313 e. The number of carbonyl (C=O) groups is 3. The molecule has 1 fully saturated rings. The van der Waals surface area contributed by atoms with Crippen LogP contribution in [0.3, 0.4) is 0 Å². The third kappa shape index (κ3) is 6.96. The van der Waals surface area contributed by atoms with Gasteiger partial charge in [-0.15, -0.1) is 0 Å². The van der Waals surface area contributed by atoms with Gasteiger partial charge in [0.15, 0.2) is 0 Å². The summed E-state index contributed by atoms with van der Waals surface area (Å²) in [7, 11) is 0. The number of unbranched alkanes of at least 4 members (excludes halogenated alkanes) is 1. The van der Waals surface area contributed by atoms with E-state index in [1.807, 2.05) is 0 Å². The summed E-state index contributed by atoms with van der Waals surface area (Å²) in [6.07, 6.45) is 4.43. The van der Waals surface area contributed by atoms with Crippen LogP contribution in [0.1, 0.15) is 45.1 Å². The molecule has 1 unspecified atom stereocenters. The highest BCUT2D eigenvalue weighted by atomic mass is 16.2. The summed E-state index contributed by atoms with van der Waals surface area (Å²) < 4.78 is 0. The standard InChI is InChI=1S/C21H32N4O3/c1-15-8-7-13-25(14-15)12-5-4-11-22-20(27)21(28)24-19-10-6-9-18(16(19)2)23-17(3)26/h6,9-10,15H,4-5,7-8,11-14H2,1-3H3,(H,22,27)(H,23,26)(H,24,28). The van der Waals surface area contributed by atoms with Crippen LogP contribution in [0.15, 0.2) is 18.2 Å². The summed E-state index contributed by atoms with van der Waals surface area (Å²) in [5, 5.41) is 7.99. The number of amides is 3. The van der Waals surface area contributed by atoms with Crippen LogP contribution in [-0.2, 0) is 14.4 Å². The molecule has 7 heteroatoms. The number of nitrogens with zero attached hydrogens (tertiary/aromatic N) is 1. The van der Waals surface area contributed by atoms with Crippen molar-refractivity contribution >= 4 is 29.1 Å². The fraction of sp³-hybridized carbons (Fsp3) is 0.571. The molecule has 7 nitrogen and oxygen atoms in total. The van der Waals surface area contributed by atoms with Crippen molar-refractivity contribution in [2.75, 3.05) is 36.8 Å². The number of benzene rings is 1. The van der Waals surface area contributed by atoms with Crippen LogP contribution in [-0.4, -0.2) is 48.8 Å². The molecular weight excluding hydrogens is 356 g/mol. The molecule has 0 radical (unpaired) electrons. The molecule has 2 rings (SSSR count). The maximum atomic E-state index is 12.1. The molecule has 0 spiro atoms. The molecule has 3 amide bonds. The summed E-state index contributed by atoms with van der Waals surface area (Å²) in [5.74, 6) is -0.767. The van der Waals surface area contributed by atoms with Crippen LogP contribution < -0.4 is 16.0 Å². The predicted molar refractivity (Wildman–Crippen MR) is 111 cm³/mol. The number of rotatable bonds is 7. The molecule has 0 saturated carbocycles. The fourth-order valence-electron chi connectivity index (χ4n) is 3.51. The largest absolute Gasteiger partial charge is 0.348 e. The second-order valence-corrected chi connectivity index (χ2v) is 7.62. The number of piperidine rings is 1. The van der Waals surface area contributed by atoms with E-state index in [2.05, 4.69) is 27.8 Å². The lowest BCUT2D eigenvalue weighted by atomic mass is 10.0. The number of carbonyl (C=O) groups excluding carboxylic acids is 3. The maximum absolute atomic E-state index is 12.1. The zero-order valence-electron chi connectivity index (χ0n) is 17.1. The van der Waals surface area contributed by atoms with Gasteiger partial charge in [-0.25, -0.2) is 0 Å². The van der Waals surface area contributed by atoms with Crippen LogP contribution in [0.5, 0.6) is 0 Å². The zero-order chi connectivity index (χ0) is 20.5. The average Bonchev–Trinajstić information content (AvgIpc) is 2.64. The Morgan fingerprint density at radius 2 is 1.82 bits per heavy atom. The quantitative estimate of drug-likeness (QED) is 0.494. The van der Waals surface area contributed by atoms with E-state index in [9.17, 15) is 14.4 Å². The zero-order valence-corrected chi connectivity index (χ0v) is 17.1. The summed E-state index contributed by atoms with van der Waals surface area (Å²) >= 11 is 0. The van der Waals surface area contributed by atoms with Gasteiger partial charge in [0.1, 0.15) is 0 Å². The molecule has 1 aliphatic rings. The van der Waals surface area contributed by atoms with E-state index in [0.717, 1.165) is 38.4 Å². The molecule has 0 aliphatic carbocycles. The first kappa shape index (κ1) is 21.9. The van der Waals surface area contributed by atoms with Gasteiger partial charge in [0.05, 0.1) is 0 Å². The Balaban J connectivity index is 1.71. The van der Waals surface area contributed by atoms with Gasteiger partial charge >= 0.3 is 11.8 Å². The first-order valence-corrected chi connectivity index (χ1v) is 10.1. The number of nitrogens with one attached hydrogen (secondary N) is 3. The Bertz CT molecular complexity index is 705. The Kier molecular flexibility index (Phi) is 8.44. The Labute approximate surface area is 167 Å². The Morgan fingerprint density at radius 3 is 2.50 bits per heavy atom. The van der Waals surface area contributed by atoms with Crippen molar-refractivity contribution in [1.82, 2.24) is 10.2 Å². The van der Waals surface area contributed by atoms with Crippen molar-refractivity contribution in [3.63, 3.8) is 0 Å². The van der Waals surface area contributed by atoms with Gasteiger partial charge in [0.25, 0.3) is 0 Å². The SMILES string of the molecule is CC(=O)Nc1cccc(NC(=O)C(=O)NCCCCN2CCCC(C)C2)c1C. The van der Waals surface area contributed by atoms with E-state index in [0.29, 0.717) is 23.5 Å². The molecule has 0 bridgehead atoms. The minimum Gasteiger partial charge on any atom is -0.348 e. The maximum Gasteiger partial charge on any atom is 0.313 e. The summed E-state index contributed by atoms with van der Waals surface area (Å²) in [6.45, 7) is 9.34. The van der Waals surface area contributed by atoms with Crippen molar-refractivity contribution in [2.24, 2.45) is 5.92 Å². The highest BCUT2D eigenvalue weighted by Gasteiger charge is 2.17. The summed E-state index contributed by atoms with van der Waals surface area (Å²) in [5.41, 5.74) is 1.82. The van der Waals surface area contributed by atoms with Crippen molar-refractivity contribution in [3.05, 3.63) is 23.8 Å². The topological polar surface area (TPSA) is 90.5 Å². The van der Waals surface area contributed by atoms with Crippen LogP contribution in [0.2, 0.25) is 0 Å². The highest BCUT2D eigenvalue weighted by molar-refractivity contribution is 6.39. The second-order valence-electron chi connectivity index (χ2n) is 7.62. The van der Waals surface area contributed by atoms with Gasteiger partial charge in [0.2, 0.25) is 5.91 Å². The van der Waals surface area contributed by atoms with Gasteiger partial charge in [0, 0.05) is 31.4 Å². The molecule has 1 aromatic carbocycles. The van der Waals surface area contributed by atoms with Crippen molar-refractivity contribution in [1.29, 1.82) is 0 Å². The van der Waals surface area contributed by atoms with Gasteiger partial charge in [-0.2, -0.15) is 0 Å². The van der Waals surface area contributed by atoms with E-state index in [4.69, 9.17) is 0 Å². The lowest BCUT2D eigenvalue weighted by Crippen LogP contribution is -2.37. The van der Waals surface area contributed by atoms with Crippen LogP contribution in [0.4, 0.5) is 11.4 Å². The molecule has 154 valence electrons. The Morgan fingerprint density at radius 1 is 1.11 bits per heavy atom. The second kappa shape index (κ2) is 10.8. The molecule has 1 aromatic rings. The van der Waals surface area contributed by atoms with Gasteiger partial charge in [-0.1, -0.05) is 13.0 Å². The molecule has 1 aliphatic heterocycles. The minimum absolute atomic E-state index is 0.191. The third-order valence-corrected chi connectivity index (χ3v) is 5.03. The fourth-order valence-corrected chi connectivity index (χ4v) is 3.51. The number of likely N-dealkylation sites (tertiary alicyclic amines) is 1. The van der Waals surface area contributed by atoms with Gasteiger partial charge in [-0.05, 0) is 69.3 Å².